The van der Waals surface area contributed by atoms with Gasteiger partial charge in [0.15, 0.2) is 6.61 Å². The lowest BCUT2D eigenvalue weighted by atomic mass is 10.1. The molecule has 0 unspecified atom stereocenters. The van der Waals surface area contributed by atoms with Gasteiger partial charge in [0, 0.05) is 16.3 Å². The summed E-state index contributed by atoms with van der Waals surface area (Å²) in [4.78, 5) is 25.4. The van der Waals surface area contributed by atoms with Gasteiger partial charge in [0.1, 0.15) is 5.75 Å². The van der Waals surface area contributed by atoms with Gasteiger partial charge in [0.25, 0.3) is 5.91 Å². The van der Waals surface area contributed by atoms with Gasteiger partial charge in [-0.15, -0.1) is 11.8 Å². The van der Waals surface area contributed by atoms with Crippen LogP contribution in [-0.4, -0.2) is 24.2 Å². The maximum Gasteiger partial charge on any atom is 0.262 e. The highest BCUT2D eigenvalue weighted by molar-refractivity contribution is 8.00. The average molecular weight is 421 g/mol. The van der Waals surface area contributed by atoms with Crippen LogP contribution in [0.3, 0.4) is 0 Å². The van der Waals surface area contributed by atoms with E-state index in [2.05, 4.69) is 10.6 Å². The molecule has 5 nitrogen and oxygen atoms in total. The molecule has 0 aromatic heterocycles. The van der Waals surface area contributed by atoms with E-state index in [-0.39, 0.29) is 24.2 Å². The molecule has 0 spiro atoms. The van der Waals surface area contributed by atoms with Gasteiger partial charge >= 0.3 is 0 Å². The molecule has 2 N–H and O–H groups in total. The highest BCUT2D eigenvalue weighted by Crippen LogP contribution is 2.23. The van der Waals surface area contributed by atoms with Gasteiger partial charge in [-0.05, 0) is 55.3 Å². The minimum absolute atomic E-state index is 0.0666. The molecule has 30 heavy (non-hydrogen) atoms. The molecule has 3 aromatic rings. The van der Waals surface area contributed by atoms with Crippen LogP contribution in [-0.2, 0) is 9.59 Å². The lowest BCUT2D eigenvalue weighted by Gasteiger charge is -2.11. The number of hydrogen-bond donors (Lipinski definition) is 2. The molecule has 154 valence electrons. The lowest BCUT2D eigenvalue weighted by molar-refractivity contribution is -0.118. The number of ether oxygens (including phenoxy) is 1. The standard InChI is InChI=1S/C24H24N2O3S/c1-17-8-6-9-18(2)24(17)26-23(28)16-30-21-13-7-10-19(14-21)25-22(27)15-29-20-11-4-3-5-12-20/h3-14H,15-16H2,1-2H3,(H,25,27)(H,26,28). The van der Waals surface area contributed by atoms with Gasteiger partial charge in [-0.2, -0.15) is 0 Å². The molecule has 0 aliphatic rings. The fourth-order valence-electron chi connectivity index (χ4n) is 2.86. The second kappa shape index (κ2) is 10.5. The fraction of sp³-hybridized carbons (Fsp3) is 0.167. The Morgan fingerprint density at radius 2 is 1.53 bits per heavy atom. The van der Waals surface area contributed by atoms with E-state index in [1.54, 1.807) is 18.2 Å². The van der Waals surface area contributed by atoms with E-state index in [0.717, 1.165) is 21.7 Å². The Morgan fingerprint density at radius 3 is 2.27 bits per heavy atom. The third kappa shape index (κ3) is 6.39. The normalized spacial score (nSPS) is 10.3. The van der Waals surface area contributed by atoms with Crippen LogP contribution in [0.4, 0.5) is 11.4 Å². The van der Waals surface area contributed by atoms with Crippen molar-refractivity contribution in [3.8, 4) is 5.75 Å². The summed E-state index contributed by atoms with van der Waals surface area (Å²) >= 11 is 1.42. The number of anilines is 2. The number of para-hydroxylation sites is 2. The summed E-state index contributed by atoms with van der Waals surface area (Å²) in [5.74, 6) is 0.617. The molecule has 0 bridgehead atoms. The highest BCUT2D eigenvalue weighted by Gasteiger charge is 2.09. The van der Waals surface area contributed by atoms with Crippen LogP contribution in [0.15, 0.2) is 77.7 Å². The Hall–Kier alpha value is -3.25. The summed E-state index contributed by atoms with van der Waals surface area (Å²) in [6.45, 7) is 3.88. The number of rotatable bonds is 8. The number of nitrogens with one attached hydrogen (secondary N) is 2. The third-order valence-electron chi connectivity index (χ3n) is 4.35. The van der Waals surface area contributed by atoms with Crippen molar-refractivity contribution in [1.82, 2.24) is 0 Å². The topological polar surface area (TPSA) is 67.4 Å². The maximum atomic E-state index is 12.4. The first-order valence-corrected chi connectivity index (χ1v) is 10.6. The Labute approximate surface area is 180 Å². The van der Waals surface area contributed by atoms with Crippen LogP contribution in [0, 0.1) is 13.8 Å². The summed E-state index contributed by atoms with van der Waals surface area (Å²) in [6.07, 6.45) is 0. The molecule has 3 aromatic carbocycles. The molecule has 3 rings (SSSR count). The zero-order valence-electron chi connectivity index (χ0n) is 17.0. The van der Waals surface area contributed by atoms with Gasteiger partial charge in [0.05, 0.1) is 5.75 Å². The molecule has 0 aliphatic carbocycles. The van der Waals surface area contributed by atoms with Crippen LogP contribution < -0.4 is 15.4 Å². The van der Waals surface area contributed by atoms with E-state index in [4.69, 9.17) is 4.74 Å². The van der Waals surface area contributed by atoms with Gasteiger partial charge in [-0.25, -0.2) is 0 Å². The maximum absolute atomic E-state index is 12.4. The number of carbonyl (C=O) groups excluding carboxylic acids is 2. The summed E-state index contributed by atoms with van der Waals surface area (Å²) in [5.41, 5.74) is 3.60. The largest absolute Gasteiger partial charge is 0.484 e. The van der Waals surface area contributed by atoms with Crippen molar-refractivity contribution in [3.63, 3.8) is 0 Å². The monoisotopic (exact) mass is 420 g/mol. The predicted octanol–water partition coefficient (Wildman–Crippen LogP) is 5.05. The molecule has 6 heteroatoms. The Balaban J connectivity index is 1.50. The second-order valence-corrected chi connectivity index (χ2v) is 7.83. The van der Waals surface area contributed by atoms with Crippen molar-refractivity contribution in [2.24, 2.45) is 0 Å². The van der Waals surface area contributed by atoms with Crippen LogP contribution in [0.2, 0.25) is 0 Å². The summed E-state index contributed by atoms with van der Waals surface area (Å²) in [5, 5.41) is 5.80. The van der Waals surface area contributed by atoms with Crippen molar-refractivity contribution >= 4 is 35.0 Å². The van der Waals surface area contributed by atoms with Gasteiger partial charge in [0.2, 0.25) is 5.91 Å². The first kappa shape index (κ1) is 21.5. The number of thioether (sulfide) groups is 1. The van der Waals surface area contributed by atoms with E-state index in [0.29, 0.717) is 11.4 Å². The summed E-state index contributed by atoms with van der Waals surface area (Å²) in [6, 6.07) is 22.5. The Kier molecular flexibility index (Phi) is 7.51. The SMILES string of the molecule is Cc1cccc(C)c1NC(=O)CSc1cccc(NC(=O)COc2ccccc2)c1. The minimum atomic E-state index is -0.242. The van der Waals surface area contributed by atoms with Gasteiger partial charge in [-0.3, -0.25) is 9.59 Å². The second-order valence-electron chi connectivity index (χ2n) is 6.78. The zero-order valence-corrected chi connectivity index (χ0v) is 17.8. The summed E-state index contributed by atoms with van der Waals surface area (Å²) in [7, 11) is 0. The van der Waals surface area contributed by atoms with Crippen LogP contribution in [0.25, 0.3) is 0 Å². The first-order valence-electron chi connectivity index (χ1n) is 9.58. The third-order valence-corrected chi connectivity index (χ3v) is 5.34. The molecule has 0 saturated carbocycles. The molecule has 0 atom stereocenters. The molecule has 0 saturated heterocycles. The van der Waals surface area contributed by atoms with E-state index in [1.807, 2.05) is 68.4 Å². The Morgan fingerprint density at radius 1 is 0.833 bits per heavy atom. The minimum Gasteiger partial charge on any atom is -0.484 e. The molecule has 0 fully saturated rings. The van der Waals surface area contributed by atoms with Crippen molar-refractivity contribution in [3.05, 3.63) is 83.9 Å². The summed E-state index contributed by atoms with van der Waals surface area (Å²) < 4.78 is 5.45. The van der Waals surface area contributed by atoms with Crippen molar-refractivity contribution < 1.29 is 14.3 Å². The van der Waals surface area contributed by atoms with E-state index < -0.39 is 0 Å². The fourth-order valence-corrected chi connectivity index (χ4v) is 3.62. The van der Waals surface area contributed by atoms with Crippen LogP contribution >= 0.6 is 11.8 Å². The van der Waals surface area contributed by atoms with E-state index >= 15 is 0 Å². The number of hydrogen-bond acceptors (Lipinski definition) is 4. The van der Waals surface area contributed by atoms with Crippen LogP contribution in [0.5, 0.6) is 5.75 Å². The first-order chi connectivity index (χ1) is 14.5. The average Bonchev–Trinajstić information content (AvgIpc) is 2.74. The number of benzene rings is 3. The van der Waals surface area contributed by atoms with Crippen LogP contribution in [0.1, 0.15) is 11.1 Å². The molecular formula is C24H24N2O3S. The van der Waals surface area contributed by atoms with Gasteiger partial charge in [-0.1, -0.05) is 42.5 Å². The molecule has 0 radical (unpaired) electrons. The zero-order chi connectivity index (χ0) is 21.3. The van der Waals surface area contributed by atoms with E-state index in [9.17, 15) is 9.59 Å². The predicted molar refractivity (Wildman–Crippen MR) is 122 cm³/mol. The quantitative estimate of drug-likeness (QED) is 0.500. The smallest absolute Gasteiger partial charge is 0.262 e. The van der Waals surface area contributed by atoms with Crippen molar-refractivity contribution in [1.29, 1.82) is 0 Å². The van der Waals surface area contributed by atoms with Crippen molar-refractivity contribution in [2.75, 3.05) is 23.0 Å². The molecule has 0 heterocycles. The van der Waals surface area contributed by atoms with Gasteiger partial charge < -0.3 is 15.4 Å². The lowest BCUT2D eigenvalue weighted by Crippen LogP contribution is -2.20. The number of aryl methyl sites for hydroxylation is 2. The Bertz CT molecular complexity index is 1000. The van der Waals surface area contributed by atoms with E-state index in [1.165, 1.54) is 11.8 Å². The number of carbonyl (C=O) groups is 2. The van der Waals surface area contributed by atoms with Crippen molar-refractivity contribution in [2.45, 2.75) is 18.7 Å². The highest BCUT2D eigenvalue weighted by atomic mass is 32.2. The molecule has 0 aliphatic heterocycles. The molecule has 2 amide bonds. The molecular weight excluding hydrogens is 396 g/mol. The number of amides is 2.